The molecule has 3 aromatic rings. The molecule has 1 heterocycles. The van der Waals surface area contributed by atoms with Crippen molar-refractivity contribution >= 4 is 11.0 Å². The Balaban J connectivity index is 1.68. The Kier molecular flexibility index (Phi) is 5.68. The molecule has 0 saturated carbocycles. The first-order chi connectivity index (χ1) is 12.2. The molecule has 0 amide bonds. The van der Waals surface area contributed by atoms with Gasteiger partial charge >= 0.3 is 0 Å². The average molecular weight is 340 g/mol. The van der Waals surface area contributed by atoms with Crippen molar-refractivity contribution in [3.8, 4) is 17.1 Å². The van der Waals surface area contributed by atoms with Crippen LogP contribution in [0.3, 0.4) is 0 Å². The first kappa shape index (κ1) is 17.5. The summed E-state index contributed by atoms with van der Waals surface area (Å²) in [5, 5.41) is 0. The molecular weight excluding hydrogens is 316 g/mol. The van der Waals surface area contributed by atoms with Crippen LogP contribution in [0.15, 0.2) is 42.5 Å². The molecule has 0 fully saturated rings. The predicted octanol–water partition coefficient (Wildman–Crippen LogP) is 4.32. The molecule has 5 nitrogen and oxygen atoms in total. The van der Waals surface area contributed by atoms with Gasteiger partial charge in [0, 0.05) is 18.8 Å². The van der Waals surface area contributed by atoms with E-state index in [0.717, 1.165) is 28.2 Å². The lowest BCUT2D eigenvalue weighted by Gasteiger charge is -2.17. The Bertz CT molecular complexity index is 805. The smallest absolute Gasteiger partial charge is 0.191 e. The topological polar surface area (TPSA) is 56.4 Å². The van der Waals surface area contributed by atoms with Gasteiger partial charge in [-0.3, -0.25) is 0 Å². The van der Waals surface area contributed by atoms with Crippen molar-refractivity contribution in [2.45, 2.75) is 27.1 Å². The first-order valence-corrected chi connectivity index (χ1v) is 8.62. The fraction of sp³-hybridized carbons (Fsp3) is 0.350. The van der Waals surface area contributed by atoms with Gasteiger partial charge in [0.1, 0.15) is 18.2 Å². The average Bonchev–Trinajstić information content (AvgIpc) is 3.03. The highest BCUT2D eigenvalue weighted by atomic mass is 16.7. The summed E-state index contributed by atoms with van der Waals surface area (Å²) in [4.78, 5) is 8.00. The van der Waals surface area contributed by atoms with E-state index < -0.39 is 0 Å². The number of imidazole rings is 1. The summed E-state index contributed by atoms with van der Waals surface area (Å²) < 4.78 is 16.7. The van der Waals surface area contributed by atoms with Crippen LogP contribution in [0.4, 0.5) is 0 Å². The molecule has 2 aromatic carbocycles. The van der Waals surface area contributed by atoms with Crippen LogP contribution >= 0.6 is 0 Å². The Morgan fingerprint density at radius 3 is 2.40 bits per heavy atom. The number of rotatable bonds is 8. The molecule has 0 spiro atoms. The van der Waals surface area contributed by atoms with Crippen molar-refractivity contribution < 1.29 is 14.2 Å². The number of fused-ring (bicyclic) bond motifs is 1. The van der Waals surface area contributed by atoms with Crippen molar-refractivity contribution in [2.24, 2.45) is 0 Å². The summed E-state index contributed by atoms with van der Waals surface area (Å²) in [6, 6.07) is 14.1. The highest BCUT2D eigenvalue weighted by Crippen LogP contribution is 2.23. The number of hydrogen-bond acceptors (Lipinski definition) is 4. The van der Waals surface area contributed by atoms with Crippen LogP contribution in [-0.2, 0) is 9.47 Å². The van der Waals surface area contributed by atoms with Gasteiger partial charge in [-0.1, -0.05) is 6.07 Å². The Morgan fingerprint density at radius 2 is 1.72 bits per heavy atom. The number of aromatic amines is 1. The molecule has 25 heavy (non-hydrogen) atoms. The third-order valence-electron chi connectivity index (χ3n) is 3.86. The van der Waals surface area contributed by atoms with Gasteiger partial charge in [0.15, 0.2) is 6.29 Å². The molecule has 0 saturated heterocycles. The van der Waals surface area contributed by atoms with E-state index in [2.05, 4.69) is 29.0 Å². The molecule has 0 aliphatic carbocycles. The third kappa shape index (κ3) is 4.38. The van der Waals surface area contributed by atoms with Crippen LogP contribution < -0.4 is 4.74 Å². The molecule has 3 rings (SSSR count). The molecule has 0 unspecified atom stereocenters. The molecule has 0 bridgehead atoms. The molecule has 1 aromatic heterocycles. The molecule has 0 atom stereocenters. The van der Waals surface area contributed by atoms with E-state index in [-0.39, 0.29) is 6.29 Å². The van der Waals surface area contributed by atoms with Gasteiger partial charge in [-0.2, -0.15) is 0 Å². The summed E-state index contributed by atoms with van der Waals surface area (Å²) in [5.74, 6) is 1.63. The Hall–Kier alpha value is -2.37. The normalized spacial score (nSPS) is 11.4. The third-order valence-corrected chi connectivity index (χ3v) is 3.86. The second kappa shape index (κ2) is 8.14. The van der Waals surface area contributed by atoms with Gasteiger partial charge in [0.05, 0.1) is 11.0 Å². The highest BCUT2D eigenvalue weighted by molar-refractivity contribution is 5.80. The van der Waals surface area contributed by atoms with Crippen LogP contribution in [-0.4, -0.2) is 36.1 Å². The predicted molar refractivity (Wildman–Crippen MR) is 98.8 cm³/mol. The van der Waals surface area contributed by atoms with E-state index in [9.17, 15) is 0 Å². The van der Waals surface area contributed by atoms with E-state index in [1.807, 2.05) is 44.2 Å². The zero-order valence-electron chi connectivity index (χ0n) is 14.9. The van der Waals surface area contributed by atoms with Crippen molar-refractivity contribution in [1.29, 1.82) is 0 Å². The maximum Gasteiger partial charge on any atom is 0.191 e. The molecule has 0 aliphatic rings. The lowest BCUT2D eigenvalue weighted by molar-refractivity contribution is -0.152. The number of benzene rings is 2. The maximum absolute atomic E-state index is 5.76. The maximum atomic E-state index is 5.76. The van der Waals surface area contributed by atoms with Crippen molar-refractivity contribution in [3.63, 3.8) is 0 Å². The minimum absolute atomic E-state index is 0.340. The molecular formula is C20H24N2O3. The van der Waals surface area contributed by atoms with Gasteiger partial charge in [-0.05, 0) is 62.7 Å². The zero-order chi connectivity index (χ0) is 17.6. The number of nitrogens with one attached hydrogen (secondary N) is 1. The summed E-state index contributed by atoms with van der Waals surface area (Å²) in [7, 11) is 0. The summed E-state index contributed by atoms with van der Waals surface area (Å²) in [5.41, 5.74) is 4.25. The van der Waals surface area contributed by atoms with Gasteiger partial charge in [-0.25, -0.2) is 4.98 Å². The molecule has 1 N–H and O–H groups in total. The number of aryl methyl sites for hydroxylation is 1. The fourth-order valence-corrected chi connectivity index (χ4v) is 2.65. The van der Waals surface area contributed by atoms with Crippen LogP contribution in [0.2, 0.25) is 0 Å². The Morgan fingerprint density at radius 1 is 1.00 bits per heavy atom. The van der Waals surface area contributed by atoms with Gasteiger partial charge < -0.3 is 19.2 Å². The summed E-state index contributed by atoms with van der Waals surface area (Å²) >= 11 is 0. The van der Waals surface area contributed by atoms with Crippen LogP contribution in [0.1, 0.15) is 19.4 Å². The lowest BCUT2D eigenvalue weighted by atomic mass is 10.2. The monoisotopic (exact) mass is 340 g/mol. The largest absolute Gasteiger partial charge is 0.488 e. The fourth-order valence-electron chi connectivity index (χ4n) is 2.65. The second-order valence-electron chi connectivity index (χ2n) is 5.78. The first-order valence-electron chi connectivity index (χ1n) is 8.62. The number of ether oxygens (including phenoxy) is 3. The molecule has 132 valence electrons. The van der Waals surface area contributed by atoms with Crippen molar-refractivity contribution in [1.82, 2.24) is 9.97 Å². The van der Waals surface area contributed by atoms with Crippen molar-refractivity contribution in [2.75, 3.05) is 19.8 Å². The van der Waals surface area contributed by atoms with Gasteiger partial charge in [-0.15, -0.1) is 0 Å². The summed E-state index contributed by atoms with van der Waals surface area (Å²) in [6.45, 7) is 7.51. The van der Waals surface area contributed by atoms with E-state index in [0.29, 0.717) is 19.8 Å². The molecule has 5 heteroatoms. The number of H-pyrrole nitrogens is 1. The Labute approximate surface area is 147 Å². The van der Waals surface area contributed by atoms with E-state index in [1.165, 1.54) is 5.56 Å². The van der Waals surface area contributed by atoms with Gasteiger partial charge in [0.25, 0.3) is 0 Å². The molecule has 0 aliphatic heterocycles. The van der Waals surface area contributed by atoms with Crippen LogP contribution in [0, 0.1) is 6.92 Å². The van der Waals surface area contributed by atoms with E-state index >= 15 is 0 Å². The number of aromatic nitrogens is 2. The molecule has 0 radical (unpaired) electrons. The number of nitrogens with zero attached hydrogens (tertiary/aromatic N) is 1. The SMILES string of the molecule is CCOC(COc1ccc(-c2nc3ccc(C)cc3[nH]2)cc1)OCC. The van der Waals surface area contributed by atoms with Gasteiger partial charge in [0.2, 0.25) is 0 Å². The number of hydrogen-bond donors (Lipinski definition) is 1. The second-order valence-corrected chi connectivity index (χ2v) is 5.78. The minimum atomic E-state index is -0.340. The lowest BCUT2D eigenvalue weighted by Crippen LogP contribution is -2.25. The standard InChI is InChI=1S/C20H24N2O3/c1-4-23-19(24-5-2)13-25-16-9-7-15(8-10-16)20-21-17-11-6-14(3)12-18(17)22-20/h6-12,19H,4-5,13H2,1-3H3,(H,21,22). The van der Waals surface area contributed by atoms with Crippen molar-refractivity contribution in [3.05, 3.63) is 48.0 Å². The summed E-state index contributed by atoms with van der Waals surface area (Å²) in [6.07, 6.45) is -0.340. The highest BCUT2D eigenvalue weighted by Gasteiger charge is 2.10. The zero-order valence-corrected chi connectivity index (χ0v) is 14.9. The van der Waals surface area contributed by atoms with E-state index in [1.54, 1.807) is 0 Å². The minimum Gasteiger partial charge on any atom is -0.488 e. The quantitative estimate of drug-likeness (QED) is 0.621. The van der Waals surface area contributed by atoms with Crippen LogP contribution in [0.25, 0.3) is 22.4 Å². The van der Waals surface area contributed by atoms with Crippen LogP contribution in [0.5, 0.6) is 5.75 Å². The van der Waals surface area contributed by atoms with E-state index in [4.69, 9.17) is 14.2 Å².